The number of carbonyl (C=O) groups excluding carboxylic acids is 1. The fourth-order valence-electron chi connectivity index (χ4n) is 4.27. The molecule has 1 aliphatic rings. The predicted molar refractivity (Wildman–Crippen MR) is 139 cm³/mol. The first-order valence-corrected chi connectivity index (χ1v) is 11.9. The van der Waals surface area contributed by atoms with E-state index in [-0.39, 0.29) is 29.1 Å². The Hall–Kier alpha value is -4.33. The molecular weight excluding hydrogens is 496 g/mol. The van der Waals surface area contributed by atoms with E-state index in [1.54, 1.807) is 42.6 Å². The maximum Gasteiger partial charge on any atom is 0.410 e. The summed E-state index contributed by atoms with van der Waals surface area (Å²) in [4.78, 5) is 18.5. The molecule has 1 atom stereocenters. The summed E-state index contributed by atoms with van der Waals surface area (Å²) in [5, 5.41) is 5.08. The topological polar surface area (TPSA) is 105 Å². The van der Waals surface area contributed by atoms with Gasteiger partial charge in [-0.05, 0) is 33.1 Å². The van der Waals surface area contributed by atoms with Crippen molar-refractivity contribution in [1.29, 1.82) is 0 Å². The number of fused-ring (bicyclic) bond motifs is 1. The van der Waals surface area contributed by atoms with Gasteiger partial charge in [0.15, 0.2) is 23.1 Å². The van der Waals surface area contributed by atoms with Crippen LogP contribution in [0.4, 0.5) is 19.4 Å². The van der Waals surface area contributed by atoms with Crippen LogP contribution in [-0.2, 0) is 4.74 Å². The molecule has 1 amide bonds. The van der Waals surface area contributed by atoms with Crippen molar-refractivity contribution in [2.75, 3.05) is 33.0 Å². The Labute approximate surface area is 219 Å². The van der Waals surface area contributed by atoms with Crippen LogP contribution in [0.1, 0.15) is 50.1 Å². The average molecular weight is 526 g/mol. The highest BCUT2D eigenvalue weighted by Gasteiger charge is 2.33. The molecule has 200 valence electrons. The smallest absolute Gasteiger partial charge is 0.410 e. The number of amides is 1. The first-order valence-electron chi connectivity index (χ1n) is 11.9. The van der Waals surface area contributed by atoms with Crippen molar-refractivity contribution >= 4 is 28.9 Å². The third kappa shape index (κ3) is 4.94. The maximum absolute atomic E-state index is 14.9. The second-order valence-electron chi connectivity index (χ2n) is 9.72. The van der Waals surface area contributed by atoms with Gasteiger partial charge in [-0.1, -0.05) is 18.6 Å². The number of halogens is 2. The highest BCUT2D eigenvalue weighted by atomic mass is 19.1. The number of likely N-dealkylation sites (tertiary alicyclic amines) is 1. The van der Waals surface area contributed by atoms with Crippen molar-refractivity contribution in [2.24, 2.45) is 0 Å². The first-order chi connectivity index (χ1) is 18.0. The lowest BCUT2D eigenvalue weighted by Crippen LogP contribution is -2.35. The van der Waals surface area contributed by atoms with Crippen molar-refractivity contribution < 1.29 is 27.8 Å². The molecule has 9 nitrogen and oxygen atoms in total. The molecule has 0 aliphatic carbocycles. The minimum atomic E-state index is -0.969. The normalized spacial score (nSPS) is 15.2. The molecule has 0 radical (unpaired) electrons. The molecule has 2 N–H and O–H groups in total. The number of methoxy groups -OCH3 is 2. The lowest BCUT2D eigenvalue weighted by molar-refractivity contribution is 0.0288. The molecule has 0 spiro atoms. The molecule has 3 heterocycles. The summed E-state index contributed by atoms with van der Waals surface area (Å²) in [5.41, 5.74) is 6.48. The van der Waals surface area contributed by atoms with Crippen molar-refractivity contribution in [3.63, 3.8) is 0 Å². The summed E-state index contributed by atoms with van der Waals surface area (Å²) >= 11 is 0. The van der Waals surface area contributed by atoms with E-state index in [1.165, 1.54) is 14.2 Å². The Kier molecular flexibility index (Phi) is 7.18. The minimum absolute atomic E-state index is 0.146. The molecule has 1 fully saturated rings. The SMILES string of the molecule is C=Cc1cnc(N)c2c(C#Cc3c(F)c(OC)cc(OC)c3F)nn([C@H]3CCN(C(=O)OC(C)(C)C)C3)c12. The van der Waals surface area contributed by atoms with Gasteiger partial charge in [0.2, 0.25) is 0 Å². The van der Waals surface area contributed by atoms with Gasteiger partial charge in [-0.25, -0.2) is 18.6 Å². The number of nitrogen functional groups attached to an aromatic ring is 1. The predicted octanol–water partition coefficient (Wildman–Crippen LogP) is 4.53. The van der Waals surface area contributed by atoms with E-state index in [0.717, 1.165) is 6.07 Å². The molecule has 1 aliphatic heterocycles. The monoisotopic (exact) mass is 525 g/mol. The minimum Gasteiger partial charge on any atom is -0.493 e. The number of benzene rings is 1. The van der Waals surface area contributed by atoms with Crippen LogP contribution in [0.25, 0.3) is 17.0 Å². The summed E-state index contributed by atoms with van der Waals surface area (Å²) in [7, 11) is 2.51. The average Bonchev–Trinajstić information content (AvgIpc) is 3.49. The van der Waals surface area contributed by atoms with Gasteiger partial charge in [-0.15, -0.1) is 0 Å². The van der Waals surface area contributed by atoms with Crippen LogP contribution in [0.3, 0.4) is 0 Å². The van der Waals surface area contributed by atoms with Crippen LogP contribution in [0.2, 0.25) is 0 Å². The van der Waals surface area contributed by atoms with E-state index < -0.39 is 28.9 Å². The Morgan fingerprint density at radius 3 is 2.45 bits per heavy atom. The van der Waals surface area contributed by atoms with E-state index in [9.17, 15) is 13.6 Å². The van der Waals surface area contributed by atoms with Crippen molar-refractivity contribution in [2.45, 2.75) is 38.8 Å². The Morgan fingerprint density at radius 2 is 1.87 bits per heavy atom. The number of anilines is 1. The number of hydrogen-bond acceptors (Lipinski definition) is 7. The maximum atomic E-state index is 14.9. The molecule has 1 aromatic carbocycles. The lowest BCUT2D eigenvalue weighted by atomic mass is 10.1. The highest BCUT2D eigenvalue weighted by molar-refractivity contribution is 5.98. The largest absolute Gasteiger partial charge is 0.493 e. The number of nitrogens with two attached hydrogens (primary N) is 1. The lowest BCUT2D eigenvalue weighted by Gasteiger charge is -2.24. The molecule has 1 saturated heterocycles. The van der Waals surface area contributed by atoms with Crippen molar-refractivity contribution in [3.8, 4) is 23.3 Å². The van der Waals surface area contributed by atoms with Gasteiger partial charge >= 0.3 is 6.09 Å². The van der Waals surface area contributed by atoms with Gasteiger partial charge in [0.25, 0.3) is 0 Å². The number of hydrogen-bond donors (Lipinski definition) is 1. The van der Waals surface area contributed by atoms with E-state index in [4.69, 9.17) is 19.9 Å². The van der Waals surface area contributed by atoms with Crippen LogP contribution in [0.5, 0.6) is 11.5 Å². The molecule has 38 heavy (non-hydrogen) atoms. The molecule has 4 rings (SSSR count). The molecule has 3 aromatic rings. The summed E-state index contributed by atoms with van der Waals surface area (Å²) in [6, 6.07) is 0.876. The third-order valence-corrected chi connectivity index (χ3v) is 6.04. The number of pyridine rings is 1. The summed E-state index contributed by atoms with van der Waals surface area (Å²) in [6.45, 7) is 10.1. The number of nitrogens with zero attached hydrogens (tertiary/aromatic N) is 4. The molecule has 11 heteroatoms. The fraction of sp³-hybridized carbons (Fsp3) is 0.370. The number of carbonyl (C=O) groups is 1. The quantitative estimate of drug-likeness (QED) is 0.499. The molecule has 2 aromatic heterocycles. The standard InChI is InChI=1S/C27H29F2N5O4/c1-7-15-13-31-25(30)21-18(9-8-17-22(28)19(36-5)12-20(37-6)23(17)29)32-34(24(15)21)16-10-11-33(14-16)26(35)38-27(2,3)4/h7,12-13,16H,1,10-11,14H2,2-6H3,(H2,30,31)/t16-/m0/s1. The number of aromatic nitrogens is 3. The van der Waals surface area contributed by atoms with Gasteiger partial charge in [0.05, 0.1) is 31.2 Å². The van der Waals surface area contributed by atoms with Gasteiger partial charge in [0.1, 0.15) is 22.7 Å². The summed E-state index contributed by atoms with van der Waals surface area (Å²) in [5.74, 6) is 3.06. The van der Waals surface area contributed by atoms with E-state index in [0.29, 0.717) is 36.0 Å². The summed E-state index contributed by atoms with van der Waals surface area (Å²) < 4.78 is 47.0. The Balaban J connectivity index is 1.82. The van der Waals surface area contributed by atoms with Crippen LogP contribution in [0, 0.1) is 23.5 Å². The Bertz CT molecular complexity index is 1450. The fourth-order valence-corrected chi connectivity index (χ4v) is 4.27. The van der Waals surface area contributed by atoms with Gasteiger partial charge in [-0.3, -0.25) is 4.68 Å². The molecule has 0 bridgehead atoms. The highest BCUT2D eigenvalue weighted by Crippen LogP contribution is 2.34. The van der Waals surface area contributed by atoms with Gasteiger partial charge in [0, 0.05) is 30.9 Å². The first kappa shape index (κ1) is 26.7. The van der Waals surface area contributed by atoms with E-state index >= 15 is 0 Å². The van der Waals surface area contributed by atoms with Crippen LogP contribution in [0.15, 0.2) is 18.8 Å². The summed E-state index contributed by atoms with van der Waals surface area (Å²) in [6.07, 6.45) is 3.35. The van der Waals surface area contributed by atoms with Gasteiger partial charge in [-0.2, -0.15) is 5.10 Å². The van der Waals surface area contributed by atoms with Crippen molar-refractivity contribution in [1.82, 2.24) is 19.7 Å². The zero-order chi connectivity index (χ0) is 27.8. The number of rotatable bonds is 4. The number of ether oxygens (including phenoxy) is 3. The van der Waals surface area contributed by atoms with Crippen molar-refractivity contribution in [3.05, 3.63) is 47.3 Å². The van der Waals surface area contributed by atoms with Crippen LogP contribution >= 0.6 is 0 Å². The van der Waals surface area contributed by atoms with Crippen LogP contribution in [-0.4, -0.2) is 58.7 Å². The molecule has 0 saturated carbocycles. The van der Waals surface area contributed by atoms with Crippen LogP contribution < -0.4 is 15.2 Å². The third-order valence-electron chi connectivity index (χ3n) is 6.04. The van der Waals surface area contributed by atoms with E-state index in [1.807, 2.05) is 0 Å². The zero-order valence-electron chi connectivity index (χ0n) is 21.9. The zero-order valence-corrected chi connectivity index (χ0v) is 21.9. The Morgan fingerprint density at radius 1 is 1.21 bits per heavy atom. The molecular formula is C27H29F2N5O4. The second-order valence-corrected chi connectivity index (χ2v) is 9.72. The second kappa shape index (κ2) is 10.2. The van der Waals surface area contributed by atoms with E-state index in [2.05, 4.69) is 28.5 Å². The molecule has 0 unspecified atom stereocenters. The van der Waals surface area contributed by atoms with Gasteiger partial charge < -0.3 is 24.8 Å².